The van der Waals surface area contributed by atoms with Crippen LogP contribution in [0.1, 0.15) is 17.5 Å². The first kappa shape index (κ1) is 15.0. The molecule has 7 heteroatoms. The van der Waals surface area contributed by atoms with Crippen molar-refractivity contribution in [3.8, 4) is 5.75 Å². The highest BCUT2D eigenvalue weighted by Gasteiger charge is 2.39. The summed E-state index contributed by atoms with van der Waals surface area (Å²) in [6.07, 6.45) is 0.150. The first-order chi connectivity index (χ1) is 11.0. The van der Waals surface area contributed by atoms with Crippen molar-refractivity contribution in [2.75, 3.05) is 7.11 Å². The fourth-order valence-corrected chi connectivity index (χ4v) is 2.36. The average Bonchev–Trinajstić information content (AvgIpc) is 2.98. The number of rotatable bonds is 4. The zero-order chi connectivity index (χ0) is 16.4. The van der Waals surface area contributed by atoms with Crippen LogP contribution >= 0.6 is 0 Å². The molecule has 0 saturated carbocycles. The van der Waals surface area contributed by atoms with Crippen molar-refractivity contribution < 1.29 is 19.6 Å². The molecule has 0 aliphatic carbocycles. The van der Waals surface area contributed by atoms with Gasteiger partial charge in [0.15, 0.2) is 0 Å². The van der Waals surface area contributed by atoms with Crippen molar-refractivity contribution in [1.82, 2.24) is 0 Å². The number of oxime groups is 1. The number of benzene rings is 2. The lowest BCUT2D eigenvalue weighted by atomic mass is 9.97. The summed E-state index contributed by atoms with van der Waals surface area (Å²) >= 11 is 0. The number of hydrogen-bond acceptors (Lipinski definition) is 6. The highest BCUT2D eigenvalue weighted by Crippen LogP contribution is 2.34. The average molecular weight is 314 g/mol. The molecule has 7 nitrogen and oxygen atoms in total. The molecule has 0 fully saturated rings. The van der Waals surface area contributed by atoms with E-state index in [0.717, 1.165) is 0 Å². The van der Waals surface area contributed by atoms with E-state index in [1.807, 2.05) is 0 Å². The van der Waals surface area contributed by atoms with Gasteiger partial charge in [-0.3, -0.25) is 10.1 Å². The summed E-state index contributed by atoms with van der Waals surface area (Å²) in [6, 6.07) is 12.8. The fourth-order valence-electron chi connectivity index (χ4n) is 2.36. The number of ether oxygens (including phenoxy) is 1. The topological polar surface area (TPSA) is 94.2 Å². The minimum absolute atomic E-state index is 0.00122. The number of non-ortho nitro benzene ring substituents is 1. The van der Waals surface area contributed by atoms with Gasteiger partial charge in [-0.2, -0.15) is 0 Å². The molecule has 0 spiro atoms. The largest absolute Gasteiger partial charge is 0.497 e. The summed E-state index contributed by atoms with van der Waals surface area (Å²) in [5.74, 6) is -0.879. The van der Waals surface area contributed by atoms with Gasteiger partial charge in [-0.05, 0) is 36.4 Å². The molecule has 0 saturated heterocycles. The third-order valence-corrected chi connectivity index (χ3v) is 3.67. The molecule has 1 N–H and O–H groups in total. The SMILES string of the molecule is COc1ccc(C2(O)CC(c3ccc([N+](=O)[O-])cc3)=NO2)cc1. The summed E-state index contributed by atoms with van der Waals surface area (Å²) < 4.78 is 5.08. The Morgan fingerprint density at radius 2 is 1.87 bits per heavy atom. The highest BCUT2D eigenvalue weighted by molar-refractivity contribution is 6.01. The van der Waals surface area contributed by atoms with Gasteiger partial charge in [-0.15, -0.1) is 0 Å². The van der Waals surface area contributed by atoms with Crippen molar-refractivity contribution in [3.63, 3.8) is 0 Å². The predicted molar refractivity (Wildman–Crippen MR) is 82.2 cm³/mol. The normalized spacial score (nSPS) is 19.8. The van der Waals surface area contributed by atoms with Crippen LogP contribution < -0.4 is 4.74 Å². The van der Waals surface area contributed by atoms with Gasteiger partial charge in [0, 0.05) is 23.3 Å². The zero-order valence-electron chi connectivity index (χ0n) is 12.3. The second kappa shape index (κ2) is 5.69. The maximum Gasteiger partial charge on any atom is 0.269 e. The number of hydrogen-bond donors (Lipinski definition) is 1. The molecule has 118 valence electrons. The molecule has 0 bridgehead atoms. The molecule has 1 atom stereocenters. The van der Waals surface area contributed by atoms with Crippen LogP contribution in [0.2, 0.25) is 0 Å². The van der Waals surface area contributed by atoms with Crippen LogP contribution in [-0.4, -0.2) is 22.9 Å². The van der Waals surface area contributed by atoms with Crippen LogP contribution in [0.25, 0.3) is 0 Å². The number of nitro groups is 1. The van der Waals surface area contributed by atoms with Crippen LogP contribution in [0.5, 0.6) is 5.75 Å². The van der Waals surface area contributed by atoms with E-state index in [-0.39, 0.29) is 12.1 Å². The van der Waals surface area contributed by atoms with Crippen molar-refractivity contribution >= 4 is 11.4 Å². The van der Waals surface area contributed by atoms with Crippen LogP contribution in [0.3, 0.4) is 0 Å². The monoisotopic (exact) mass is 314 g/mol. The Hall–Kier alpha value is -2.93. The van der Waals surface area contributed by atoms with E-state index < -0.39 is 10.7 Å². The second-order valence-electron chi connectivity index (χ2n) is 5.12. The van der Waals surface area contributed by atoms with E-state index in [9.17, 15) is 15.2 Å². The quantitative estimate of drug-likeness (QED) is 0.691. The minimum atomic E-state index is -1.55. The van der Waals surface area contributed by atoms with Crippen molar-refractivity contribution in [3.05, 3.63) is 69.8 Å². The summed E-state index contributed by atoms with van der Waals surface area (Å²) in [4.78, 5) is 15.4. The Kier molecular flexibility index (Phi) is 3.71. The van der Waals surface area contributed by atoms with Gasteiger partial charge in [0.05, 0.1) is 24.2 Å². The van der Waals surface area contributed by atoms with Crippen molar-refractivity contribution in [2.24, 2.45) is 5.16 Å². The van der Waals surface area contributed by atoms with E-state index >= 15 is 0 Å². The van der Waals surface area contributed by atoms with E-state index in [4.69, 9.17) is 9.57 Å². The van der Waals surface area contributed by atoms with Crippen molar-refractivity contribution in [2.45, 2.75) is 12.2 Å². The Labute approximate surface area is 131 Å². The molecule has 2 aromatic carbocycles. The Bertz CT molecular complexity index is 755. The third-order valence-electron chi connectivity index (χ3n) is 3.67. The third kappa shape index (κ3) is 2.86. The molecule has 1 aliphatic rings. The molecule has 1 unspecified atom stereocenters. The molecule has 2 aromatic rings. The van der Waals surface area contributed by atoms with Gasteiger partial charge >= 0.3 is 0 Å². The van der Waals surface area contributed by atoms with Crippen LogP contribution in [-0.2, 0) is 10.6 Å². The molecule has 23 heavy (non-hydrogen) atoms. The number of aliphatic hydroxyl groups is 1. The zero-order valence-corrected chi connectivity index (χ0v) is 12.3. The molecule has 3 rings (SSSR count). The van der Waals surface area contributed by atoms with Crippen LogP contribution in [0.15, 0.2) is 53.7 Å². The maximum atomic E-state index is 10.7. The minimum Gasteiger partial charge on any atom is -0.497 e. The van der Waals surface area contributed by atoms with Crippen LogP contribution in [0, 0.1) is 10.1 Å². The molecular weight excluding hydrogens is 300 g/mol. The van der Waals surface area contributed by atoms with E-state index in [0.29, 0.717) is 22.6 Å². The smallest absolute Gasteiger partial charge is 0.269 e. The van der Waals surface area contributed by atoms with Gasteiger partial charge in [0.2, 0.25) is 0 Å². The molecule has 1 aliphatic heterocycles. The second-order valence-corrected chi connectivity index (χ2v) is 5.12. The first-order valence-electron chi connectivity index (χ1n) is 6.88. The van der Waals surface area contributed by atoms with E-state index in [1.165, 1.54) is 12.1 Å². The molecule has 0 aromatic heterocycles. The van der Waals surface area contributed by atoms with Crippen LogP contribution in [0.4, 0.5) is 5.69 Å². The van der Waals surface area contributed by atoms with Gasteiger partial charge in [0.25, 0.3) is 11.5 Å². The molecule has 0 amide bonds. The molecular formula is C16H14N2O5. The highest BCUT2D eigenvalue weighted by atomic mass is 16.7. The van der Waals surface area contributed by atoms with E-state index in [2.05, 4.69) is 5.16 Å². The Balaban J connectivity index is 1.79. The van der Waals surface area contributed by atoms with Gasteiger partial charge in [-0.25, -0.2) is 0 Å². The van der Waals surface area contributed by atoms with E-state index in [1.54, 1.807) is 43.5 Å². The standard InChI is InChI=1S/C16H14N2O5/c1-22-14-8-4-12(5-9-14)16(19)10-15(17-23-16)11-2-6-13(7-3-11)18(20)21/h2-9,19H,10H2,1H3. The number of nitro benzene ring substituents is 1. The number of nitrogens with zero attached hydrogens (tertiary/aromatic N) is 2. The summed E-state index contributed by atoms with van der Waals surface area (Å²) in [5.41, 5.74) is 1.75. The first-order valence-corrected chi connectivity index (χ1v) is 6.88. The lowest BCUT2D eigenvalue weighted by Gasteiger charge is -2.20. The summed E-state index contributed by atoms with van der Waals surface area (Å²) in [5, 5.41) is 25.2. The molecule has 0 radical (unpaired) electrons. The Morgan fingerprint density at radius 1 is 1.22 bits per heavy atom. The fraction of sp³-hybridized carbons (Fsp3) is 0.188. The van der Waals surface area contributed by atoms with Gasteiger partial charge in [-0.1, -0.05) is 5.16 Å². The van der Waals surface area contributed by atoms with Gasteiger partial charge < -0.3 is 14.7 Å². The number of methoxy groups -OCH3 is 1. The predicted octanol–water partition coefficient (Wildman–Crippen LogP) is 2.57. The van der Waals surface area contributed by atoms with Crippen molar-refractivity contribution in [1.29, 1.82) is 0 Å². The molecule has 1 heterocycles. The maximum absolute atomic E-state index is 10.7. The lowest BCUT2D eigenvalue weighted by molar-refractivity contribution is -0.384. The summed E-state index contributed by atoms with van der Waals surface area (Å²) in [6.45, 7) is 0. The Morgan fingerprint density at radius 3 is 2.43 bits per heavy atom. The van der Waals surface area contributed by atoms with Gasteiger partial charge in [0.1, 0.15) is 5.75 Å². The summed E-state index contributed by atoms with van der Waals surface area (Å²) in [7, 11) is 1.56. The lowest BCUT2D eigenvalue weighted by Crippen LogP contribution is -2.25.